The average Bonchev–Trinajstić information content (AvgIpc) is 3.15. The second-order valence-electron chi connectivity index (χ2n) is 6.87. The van der Waals surface area contributed by atoms with E-state index in [0.29, 0.717) is 17.4 Å². The predicted octanol–water partition coefficient (Wildman–Crippen LogP) is 3.89. The van der Waals surface area contributed by atoms with Crippen LogP contribution in [-0.4, -0.2) is 21.1 Å². The first kappa shape index (κ1) is 16.4. The van der Waals surface area contributed by atoms with E-state index in [2.05, 4.69) is 29.0 Å². The molecule has 0 aliphatic carbocycles. The Morgan fingerprint density at radius 2 is 1.96 bits per heavy atom. The average molecular weight is 350 g/mol. The highest BCUT2D eigenvalue weighted by atomic mass is 19.1. The highest BCUT2D eigenvalue weighted by molar-refractivity contribution is 6.10. The summed E-state index contributed by atoms with van der Waals surface area (Å²) in [5.74, 6) is 0.481. The number of rotatable bonds is 4. The molecule has 3 heterocycles. The van der Waals surface area contributed by atoms with Crippen LogP contribution in [0.25, 0.3) is 0 Å². The lowest BCUT2D eigenvalue weighted by Gasteiger charge is -2.25. The van der Waals surface area contributed by atoms with Gasteiger partial charge in [-0.25, -0.2) is 9.37 Å². The molecular formula is C20H19FN4O. The molecule has 0 radical (unpaired) electrons. The van der Waals surface area contributed by atoms with Crippen molar-refractivity contribution in [2.24, 2.45) is 5.92 Å². The maximum Gasteiger partial charge on any atom is 0.278 e. The number of hydrogen-bond donors (Lipinski definition) is 1. The Hall–Kier alpha value is -3.02. The van der Waals surface area contributed by atoms with Crippen molar-refractivity contribution in [1.82, 2.24) is 15.2 Å². The van der Waals surface area contributed by atoms with Crippen LogP contribution in [0.5, 0.6) is 0 Å². The number of aromatic amines is 1. The molecule has 0 saturated carbocycles. The van der Waals surface area contributed by atoms with Crippen molar-refractivity contribution in [2.75, 3.05) is 4.90 Å². The summed E-state index contributed by atoms with van der Waals surface area (Å²) >= 11 is 0. The lowest BCUT2D eigenvalue weighted by Crippen LogP contribution is -2.30. The Morgan fingerprint density at radius 3 is 2.62 bits per heavy atom. The number of aromatic nitrogens is 3. The molecule has 0 bridgehead atoms. The van der Waals surface area contributed by atoms with Gasteiger partial charge in [-0.15, -0.1) is 0 Å². The molecule has 132 valence electrons. The van der Waals surface area contributed by atoms with Crippen molar-refractivity contribution in [2.45, 2.75) is 26.3 Å². The number of nitrogens with zero attached hydrogens (tertiary/aromatic N) is 3. The summed E-state index contributed by atoms with van der Waals surface area (Å²) in [6, 6.07) is 11.3. The molecule has 1 N–H and O–H groups in total. The Labute approximate surface area is 150 Å². The van der Waals surface area contributed by atoms with E-state index in [-0.39, 0.29) is 17.8 Å². The quantitative estimate of drug-likeness (QED) is 0.776. The lowest BCUT2D eigenvalue weighted by molar-refractivity contribution is 0.0988. The van der Waals surface area contributed by atoms with Gasteiger partial charge in [0.05, 0.1) is 11.7 Å². The van der Waals surface area contributed by atoms with Gasteiger partial charge >= 0.3 is 0 Å². The SMILES string of the molecule is CC(C)Cc1n[nH]c2c1C(c1ccc(F)cc1)N(c1ccccn1)C2=O. The zero-order valence-electron chi connectivity index (χ0n) is 14.6. The topological polar surface area (TPSA) is 61.9 Å². The molecule has 4 rings (SSSR count). The minimum atomic E-state index is -0.375. The summed E-state index contributed by atoms with van der Waals surface area (Å²) in [5.41, 5.74) is 3.05. The molecule has 1 unspecified atom stereocenters. The third kappa shape index (κ3) is 2.67. The monoisotopic (exact) mass is 350 g/mol. The molecule has 26 heavy (non-hydrogen) atoms. The van der Waals surface area contributed by atoms with E-state index in [1.807, 2.05) is 12.1 Å². The number of halogens is 1. The van der Waals surface area contributed by atoms with Gasteiger partial charge in [-0.1, -0.05) is 32.0 Å². The molecular weight excluding hydrogens is 331 g/mol. The molecule has 0 spiro atoms. The van der Waals surface area contributed by atoms with Crippen molar-refractivity contribution in [3.05, 3.63) is 77.0 Å². The molecule has 0 fully saturated rings. The fourth-order valence-corrected chi connectivity index (χ4v) is 3.45. The summed E-state index contributed by atoms with van der Waals surface area (Å²) in [6.45, 7) is 4.22. The normalized spacial score (nSPS) is 16.4. The maximum absolute atomic E-state index is 13.4. The Bertz CT molecular complexity index is 934. The van der Waals surface area contributed by atoms with Gasteiger partial charge in [0.1, 0.15) is 17.3 Å². The lowest BCUT2D eigenvalue weighted by atomic mass is 9.95. The van der Waals surface area contributed by atoms with E-state index in [4.69, 9.17) is 0 Å². The smallest absolute Gasteiger partial charge is 0.278 e. The van der Waals surface area contributed by atoms with E-state index >= 15 is 0 Å². The fraction of sp³-hybridized carbons (Fsp3) is 0.250. The van der Waals surface area contributed by atoms with Crippen molar-refractivity contribution in [3.8, 4) is 0 Å². The van der Waals surface area contributed by atoms with E-state index in [1.54, 1.807) is 29.3 Å². The Balaban J connectivity index is 1.89. The van der Waals surface area contributed by atoms with Gasteiger partial charge in [-0.3, -0.25) is 14.8 Å². The van der Waals surface area contributed by atoms with Gasteiger partial charge in [0, 0.05) is 11.8 Å². The van der Waals surface area contributed by atoms with Crippen molar-refractivity contribution < 1.29 is 9.18 Å². The molecule has 0 saturated heterocycles. The van der Waals surface area contributed by atoms with Crippen LogP contribution in [-0.2, 0) is 6.42 Å². The number of H-pyrrole nitrogens is 1. The molecule has 1 amide bonds. The zero-order valence-corrected chi connectivity index (χ0v) is 14.6. The standard InChI is InChI=1S/C20H19FN4O/c1-12(2)11-15-17-18(24-23-15)20(26)25(16-5-3-4-10-22-16)19(17)13-6-8-14(21)9-7-13/h3-10,12,19H,11H2,1-2H3,(H,23,24). The molecule has 5 nitrogen and oxygen atoms in total. The van der Waals surface area contributed by atoms with Gasteiger partial charge in [0.15, 0.2) is 0 Å². The molecule has 1 aromatic carbocycles. The first-order valence-electron chi connectivity index (χ1n) is 8.63. The Kier molecular flexibility index (Phi) is 4.03. The summed E-state index contributed by atoms with van der Waals surface area (Å²) in [4.78, 5) is 19.1. The zero-order chi connectivity index (χ0) is 18.3. The van der Waals surface area contributed by atoms with Crippen molar-refractivity contribution in [1.29, 1.82) is 0 Å². The van der Waals surface area contributed by atoms with Crippen LogP contribution in [0.3, 0.4) is 0 Å². The van der Waals surface area contributed by atoms with Crippen LogP contribution in [0, 0.1) is 11.7 Å². The molecule has 1 aliphatic heterocycles. The number of hydrogen-bond acceptors (Lipinski definition) is 3. The van der Waals surface area contributed by atoms with E-state index in [1.165, 1.54) is 12.1 Å². The maximum atomic E-state index is 13.4. The van der Waals surface area contributed by atoms with Gasteiger partial charge < -0.3 is 0 Å². The summed E-state index contributed by atoms with van der Waals surface area (Å²) in [6.07, 6.45) is 2.41. The molecule has 3 aromatic rings. The summed E-state index contributed by atoms with van der Waals surface area (Å²) < 4.78 is 13.4. The van der Waals surface area contributed by atoms with Gasteiger partial charge in [-0.2, -0.15) is 5.10 Å². The van der Waals surface area contributed by atoms with E-state index in [0.717, 1.165) is 23.2 Å². The van der Waals surface area contributed by atoms with Crippen molar-refractivity contribution in [3.63, 3.8) is 0 Å². The molecule has 6 heteroatoms. The number of carbonyl (C=O) groups is 1. The van der Waals surface area contributed by atoms with Crippen LogP contribution in [0.1, 0.15) is 47.2 Å². The first-order valence-corrected chi connectivity index (χ1v) is 8.63. The van der Waals surface area contributed by atoms with Crippen LogP contribution < -0.4 is 4.90 Å². The number of anilines is 1. The minimum Gasteiger partial charge on any atom is -0.279 e. The number of carbonyl (C=O) groups excluding carboxylic acids is 1. The van der Waals surface area contributed by atoms with Crippen LogP contribution >= 0.6 is 0 Å². The van der Waals surface area contributed by atoms with Gasteiger partial charge in [0.2, 0.25) is 0 Å². The first-order chi connectivity index (χ1) is 12.6. The van der Waals surface area contributed by atoms with Crippen LogP contribution in [0.4, 0.5) is 10.2 Å². The highest BCUT2D eigenvalue weighted by Crippen LogP contribution is 2.42. The third-order valence-corrected chi connectivity index (χ3v) is 4.53. The van der Waals surface area contributed by atoms with Crippen LogP contribution in [0.2, 0.25) is 0 Å². The molecule has 1 atom stereocenters. The fourth-order valence-electron chi connectivity index (χ4n) is 3.45. The molecule has 2 aromatic heterocycles. The number of pyridine rings is 1. The minimum absolute atomic E-state index is 0.171. The van der Waals surface area contributed by atoms with Crippen molar-refractivity contribution >= 4 is 11.7 Å². The summed E-state index contributed by atoms with van der Waals surface area (Å²) in [5, 5.41) is 7.29. The van der Waals surface area contributed by atoms with Gasteiger partial charge in [-0.05, 0) is 42.2 Å². The molecule has 1 aliphatic rings. The number of fused-ring (bicyclic) bond motifs is 1. The number of nitrogens with one attached hydrogen (secondary N) is 1. The second-order valence-corrected chi connectivity index (χ2v) is 6.87. The number of amides is 1. The Morgan fingerprint density at radius 1 is 1.19 bits per heavy atom. The van der Waals surface area contributed by atoms with E-state index < -0.39 is 0 Å². The highest BCUT2D eigenvalue weighted by Gasteiger charge is 2.43. The largest absolute Gasteiger partial charge is 0.279 e. The van der Waals surface area contributed by atoms with E-state index in [9.17, 15) is 9.18 Å². The van der Waals surface area contributed by atoms with Crippen LogP contribution in [0.15, 0.2) is 48.7 Å². The summed E-state index contributed by atoms with van der Waals surface area (Å²) in [7, 11) is 0. The number of benzene rings is 1. The second kappa shape index (κ2) is 6.37. The van der Waals surface area contributed by atoms with Gasteiger partial charge in [0.25, 0.3) is 5.91 Å². The predicted molar refractivity (Wildman–Crippen MR) is 96.4 cm³/mol. The third-order valence-electron chi connectivity index (χ3n) is 4.53.